The summed E-state index contributed by atoms with van der Waals surface area (Å²) in [6.45, 7) is 2.34. The lowest BCUT2D eigenvalue weighted by atomic mass is 10.2. The molecule has 1 fully saturated rings. The van der Waals surface area contributed by atoms with Crippen molar-refractivity contribution >= 4 is 28.9 Å². The number of rotatable bonds is 5. The van der Waals surface area contributed by atoms with E-state index in [1.807, 2.05) is 0 Å². The lowest BCUT2D eigenvalue weighted by Gasteiger charge is -2.26. The van der Waals surface area contributed by atoms with E-state index in [9.17, 15) is 4.79 Å². The van der Waals surface area contributed by atoms with E-state index in [0.717, 1.165) is 25.9 Å². The van der Waals surface area contributed by atoms with Gasteiger partial charge in [-0.2, -0.15) is 0 Å². The van der Waals surface area contributed by atoms with Crippen LogP contribution in [-0.4, -0.2) is 55.5 Å². The number of benzene rings is 1. The molecular formula is C15H23ClN4O. The van der Waals surface area contributed by atoms with Crippen LogP contribution < -0.4 is 11.1 Å². The smallest absolute Gasteiger partial charge is 0.238 e. The van der Waals surface area contributed by atoms with Crippen LogP contribution in [0.15, 0.2) is 18.2 Å². The maximum Gasteiger partial charge on any atom is 0.238 e. The monoisotopic (exact) mass is 310 g/mol. The number of halogens is 1. The summed E-state index contributed by atoms with van der Waals surface area (Å²) in [7, 11) is 4.12. The number of amides is 1. The highest BCUT2D eigenvalue weighted by Crippen LogP contribution is 2.24. The highest BCUT2D eigenvalue weighted by molar-refractivity contribution is 6.33. The Morgan fingerprint density at radius 1 is 1.52 bits per heavy atom. The number of anilines is 2. The van der Waals surface area contributed by atoms with Gasteiger partial charge >= 0.3 is 0 Å². The third kappa shape index (κ3) is 4.59. The van der Waals surface area contributed by atoms with Gasteiger partial charge < -0.3 is 16.0 Å². The van der Waals surface area contributed by atoms with E-state index in [0.29, 0.717) is 29.0 Å². The summed E-state index contributed by atoms with van der Waals surface area (Å²) < 4.78 is 0. The van der Waals surface area contributed by atoms with Crippen molar-refractivity contribution in [1.29, 1.82) is 0 Å². The van der Waals surface area contributed by atoms with Crippen LogP contribution in [0.4, 0.5) is 11.4 Å². The van der Waals surface area contributed by atoms with Gasteiger partial charge in [-0.15, -0.1) is 0 Å². The van der Waals surface area contributed by atoms with E-state index in [1.165, 1.54) is 0 Å². The molecule has 5 nitrogen and oxygen atoms in total. The third-order valence-electron chi connectivity index (χ3n) is 3.69. The molecule has 1 atom stereocenters. The minimum atomic E-state index is -0.0480. The third-order valence-corrected chi connectivity index (χ3v) is 4.02. The molecule has 6 heteroatoms. The molecule has 0 bridgehead atoms. The van der Waals surface area contributed by atoms with Crippen molar-refractivity contribution in [2.45, 2.75) is 18.9 Å². The number of hydrogen-bond donors (Lipinski definition) is 2. The number of nitrogens with zero attached hydrogens (tertiary/aromatic N) is 2. The quantitative estimate of drug-likeness (QED) is 0.815. The van der Waals surface area contributed by atoms with Crippen LogP contribution in [-0.2, 0) is 4.79 Å². The molecule has 1 aromatic carbocycles. The molecule has 0 radical (unpaired) electrons. The molecule has 0 spiro atoms. The van der Waals surface area contributed by atoms with E-state index in [4.69, 9.17) is 17.3 Å². The van der Waals surface area contributed by atoms with E-state index in [2.05, 4.69) is 29.2 Å². The second kappa shape index (κ2) is 7.11. The first-order chi connectivity index (χ1) is 9.95. The van der Waals surface area contributed by atoms with Gasteiger partial charge in [0.1, 0.15) is 0 Å². The number of nitrogens with one attached hydrogen (secondary N) is 1. The molecule has 1 amide bonds. The fourth-order valence-electron chi connectivity index (χ4n) is 2.74. The fraction of sp³-hybridized carbons (Fsp3) is 0.533. The van der Waals surface area contributed by atoms with Crippen LogP contribution in [0.1, 0.15) is 12.8 Å². The molecule has 21 heavy (non-hydrogen) atoms. The normalized spacial score (nSPS) is 19.1. The van der Waals surface area contributed by atoms with Gasteiger partial charge in [-0.1, -0.05) is 11.6 Å². The Labute approximate surface area is 131 Å². The molecule has 3 N–H and O–H groups in total. The Hall–Kier alpha value is -1.30. The summed E-state index contributed by atoms with van der Waals surface area (Å²) in [5, 5.41) is 3.35. The zero-order valence-electron chi connectivity index (χ0n) is 12.6. The highest BCUT2D eigenvalue weighted by atomic mass is 35.5. The largest absolute Gasteiger partial charge is 0.399 e. The molecule has 1 aliphatic rings. The summed E-state index contributed by atoms with van der Waals surface area (Å²) in [5.74, 6) is -0.0480. The summed E-state index contributed by atoms with van der Waals surface area (Å²) in [4.78, 5) is 16.6. The topological polar surface area (TPSA) is 61.6 Å². The molecule has 0 aliphatic carbocycles. The number of hydrogen-bond acceptors (Lipinski definition) is 4. The number of nitrogen functional groups attached to an aromatic ring is 1. The minimum Gasteiger partial charge on any atom is -0.399 e. The summed E-state index contributed by atoms with van der Waals surface area (Å²) in [5.41, 5.74) is 6.88. The molecule has 2 rings (SSSR count). The Morgan fingerprint density at radius 3 is 3.00 bits per heavy atom. The van der Waals surface area contributed by atoms with Crippen LogP contribution >= 0.6 is 11.6 Å². The van der Waals surface area contributed by atoms with Crippen LogP contribution in [0, 0.1) is 0 Å². The van der Waals surface area contributed by atoms with Crippen molar-refractivity contribution < 1.29 is 4.79 Å². The SMILES string of the molecule is CN(C)CC1CCCN1CC(=O)Nc1cc(N)ccc1Cl. The van der Waals surface area contributed by atoms with Gasteiger partial charge in [-0.3, -0.25) is 9.69 Å². The van der Waals surface area contributed by atoms with E-state index in [-0.39, 0.29) is 5.91 Å². The van der Waals surface area contributed by atoms with Gasteiger partial charge in [0.2, 0.25) is 5.91 Å². The maximum atomic E-state index is 12.2. The number of likely N-dealkylation sites (tertiary alicyclic amines) is 1. The average molecular weight is 311 g/mol. The summed E-state index contributed by atoms with van der Waals surface area (Å²) >= 11 is 6.06. The predicted octanol–water partition coefficient (Wildman–Crippen LogP) is 1.89. The van der Waals surface area contributed by atoms with E-state index < -0.39 is 0 Å². The molecule has 116 valence electrons. The van der Waals surface area contributed by atoms with Crippen LogP contribution in [0.2, 0.25) is 5.02 Å². The summed E-state index contributed by atoms with van der Waals surface area (Å²) in [6, 6.07) is 5.53. The maximum absolute atomic E-state index is 12.2. The van der Waals surface area contributed by atoms with Crippen molar-refractivity contribution in [2.24, 2.45) is 0 Å². The molecule has 1 heterocycles. The average Bonchev–Trinajstić information content (AvgIpc) is 2.80. The van der Waals surface area contributed by atoms with E-state index in [1.54, 1.807) is 18.2 Å². The second-order valence-electron chi connectivity index (χ2n) is 5.82. The lowest BCUT2D eigenvalue weighted by Crippen LogP contribution is -2.41. The number of nitrogens with two attached hydrogens (primary N) is 1. The highest BCUT2D eigenvalue weighted by Gasteiger charge is 2.26. The minimum absolute atomic E-state index is 0.0480. The van der Waals surface area contributed by atoms with Gasteiger partial charge in [0.25, 0.3) is 0 Å². The summed E-state index contributed by atoms with van der Waals surface area (Å²) in [6.07, 6.45) is 2.29. The predicted molar refractivity (Wildman–Crippen MR) is 87.6 cm³/mol. The van der Waals surface area contributed by atoms with Crippen molar-refractivity contribution in [2.75, 3.05) is 44.8 Å². The fourth-order valence-corrected chi connectivity index (χ4v) is 2.91. The lowest BCUT2D eigenvalue weighted by molar-refractivity contribution is -0.117. The van der Waals surface area contributed by atoms with Crippen molar-refractivity contribution in [3.63, 3.8) is 0 Å². The van der Waals surface area contributed by atoms with Crippen LogP contribution in [0.25, 0.3) is 0 Å². The standard InChI is InChI=1S/C15H23ClN4O/c1-19(2)9-12-4-3-7-20(12)10-15(21)18-14-8-11(17)5-6-13(14)16/h5-6,8,12H,3-4,7,9-10,17H2,1-2H3,(H,18,21). The Bertz CT molecular complexity index is 506. The Kier molecular flexibility index (Phi) is 5.45. The molecular weight excluding hydrogens is 288 g/mol. The van der Waals surface area contributed by atoms with Crippen molar-refractivity contribution in [3.8, 4) is 0 Å². The van der Waals surface area contributed by atoms with Crippen molar-refractivity contribution in [1.82, 2.24) is 9.80 Å². The Morgan fingerprint density at radius 2 is 2.29 bits per heavy atom. The first-order valence-electron chi connectivity index (χ1n) is 7.19. The van der Waals surface area contributed by atoms with Gasteiger partial charge in [-0.05, 0) is 51.7 Å². The van der Waals surface area contributed by atoms with Crippen molar-refractivity contribution in [3.05, 3.63) is 23.2 Å². The van der Waals surface area contributed by atoms with Crippen LogP contribution in [0.3, 0.4) is 0 Å². The molecule has 0 saturated carbocycles. The molecule has 1 saturated heterocycles. The zero-order chi connectivity index (χ0) is 15.4. The number of carbonyl (C=O) groups excluding carboxylic acids is 1. The first kappa shape index (κ1) is 16.1. The molecule has 1 aliphatic heterocycles. The number of carbonyl (C=O) groups is 1. The van der Waals surface area contributed by atoms with Gasteiger partial charge in [-0.25, -0.2) is 0 Å². The molecule has 1 aromatic rings. The van der Waals surface area contributed by atoms with Gasteiger partial charge in [0.05, 0.1) is 17.3 Å². The molecule has 0 aromatic heterocycles. The molecule has 1 unspecified atom stereocenters. The Balaban J connectivity index is 1.93. The number of likely N-dealkylation sites (N-methyl/N-ethyl adjacent to an activating group) is 1. The van der Waals surface area contributed by atoms with Gasteiger partial charge in [0.15, 0.2) is 0 Å². The van der Waals surface area contributed by atoms with Gasteiger partial charge in [0, 0.05) is 18.3 Å². The first-order valence-corrected chi connectivity index (χ1v) is 7.57. The second-order valence-corrected chi connectivity index (χ2v) is 6.22. The van der Waals surface area contributed by atoms with E-state index >= 15 is 0 Å². The van der Waals surface area contributed by atoms with Crippen LogP contribution in [0.5, 0.6) is 0 Å². The zero-order valence-corrected chi connectivity index (χ0v) is 13.4.